The van der Waals surface area contributed by atoms with E-state index in [9.17, 15) is 4.79 Å². The van der Waals surface area contributed by atoms with Crippen LogP contribution in [0.2, 0.25) is 0 Å². The van der Waals surface area contributed by atoms with E-state index in [1.54, 1.807) is 12.5 Å². The van der Waals surface area contributed by atoms with Crippen LogP contribution in [0, 0.1) is 5.41 Å². The van der Waals surface area contributed by atoms with Gasteiger partial charge >= 0.3 is 0 Å². The smallest absolute Gasteiger partial charge is 0.219 e. The fourth-order valence-corrected chi connectivity index (χ4v) is 1.77. The highest BCUT2D eigenvalue weighted by atomic mass is 32.2. The van der Waals surface area contributed by atoms with Gasteiger partial charge in [0.25, 0.3) is 0 Å². The normalized spacial score (nSPS) is 10.5. The van der Waals surface area contributed by atoms with Gasteiger partial charge in [0.1, 0.15) is 5.04 Å². The van der Waals surface area contributed by atoms with Crippen LogP contribution < -0.4 is 0 Å². The van der Waals surface area contributed by atoms with Crippen LogP contribution in [0.1, 0.15) is 10.4 Å². The number of carbonyl (C=O) groups is 1. The fourth-order valence-electron chi connectivity index (χ4n) is 1.47. The molecule has 4 heteroatoms. The summed E-state index contributed by atoms with van der Waals surface area (Å²) in [4.78, 5) is 14.8. The van der Waals surface area contributed by atoms with Crippen molar-refractivity contribution >= 4 is 33.5 Å². The Morgan fingerprint density at radius 2 is 2.13 bits per heavy atom. The molecule has 0 spiro atoms. The first-order chi connectivity index (χ1) is 7.24. The molecule has 0 atom stereocenters. The van der Waals surface area contributed by atoms with Crippen LogP contribution in [0.4, 0.5) is 0 Å². The number of hydrogen-bond acceptors (Lipinski definition) is 3. The number of hydrogen-bond donors (Lipinski definition) is 2. The molecule has 1 aromatic heterocycles. The number of rotatable bonds is 2. The van der Waals surface area contributed by atoms with Crippen LogP contribution >= 0.6 is 11.8 Å². The third-order valence-electron chi connectivity index (χ3n) is 2.24. The Morgan fingerprint density at radius 3 is 2.87 bits per heavy atom. The number of fused-ring (bicyclic) bond motifs is 1. The van der Waals surface area contributed by atoms with Crippen molar-refractivity contribution in [3.05, 3.63) is 36.0 Å². The number of aromatic amines is 1. The number of thioether (sulfide) groups is 1. The molecule has 0 radical (unpaired) electrons. The molecular weight excluding hydrogens is 208 g/mol. The Balaban J connectivity index is 2.53. The van der Waals surface area contributed by atoms with E-state index in [4.69, 9.17) is 5.41 Å². The highest BCUT2D eigenvalue weighted by molar-refractivity contribution is 8.15. The largest absolute Gasteiger partial charge is 0.360 e. The molecule has 0 aliphatic heterocycles. The van der Waals surface area contributed by atoms with Crippen molar-refractivity contribution in [2.75, 3.05) is 6.26 Å². The molecule has 76 valence electrons. The lowest BCUT2D eigenvalue weighted by molar-refractivity contribution is 0.107. The molecule has 2 N–H and O–H groups in total. The summed E-state index contributed by atoms with van der Waals surface area (Å²) in [5, 5.41) is 8.44. The predicted octanol–water partition coefficient (Wildman–Crippen LogP) is 2.69. The van der Waals surface area contributed by atoms with Gasteiger partial charge in [-0.2, -0.15) is 0 Å². The van der Waals surface area contributed by atoms with Crippen molar-refractivity contribution in [3.8, 4) is 0 Å². The molecular formula is C11H10N2OS. The molecule has 1 aromatic carbocycles. The first-order valence-electron chi connectivity index (χ1n) is 4.47. The van der Waals surface area contributed by atoms with Crippen molar-refractivity contribution < 1.29 is 4.79 Å². The van der Waals surface area contributed by atoms with Gasteiger partial charge in [0.05, 0.1) is 5.56 Å². The third kappa shape index (κ3) is 1.68. The Kier molecular flexibility index (Phi) is 2.60. The monoisotopic (exact) mass is 218 g/mol. The molecule has 0 amide bonds. The summed E-state index contributed by atoms with van der Waals surface area (Å²) in [7, 11) is 0. The van der Waals surface area contributed by atoms with Crippen LogP contribution in [0.15, 0.2) is 30.5 Å². The van der Waals surface area contributed by atoms with Crippen LogP contribution in [0.5, 0.6) is 0 Å². The number of aromatic nitrogens is 1. The van der Waals surface area contributed by atoms with E-state index in [1.165, 1.54) is 0 Å². The first-order valence-corrected chi connectivity index (χ1v) is 5.70. The molecule has 0 aliphatic carbocycles. The lowest BCUT2D eigenvalue weighted by Gasteiger charge is -1.97. The van der Waals surface area contributed by atoms with E-state index < -0.39 is 0 Å². The zero-order chi connectivity index (χ0) is 10.8. The van der Waals surface area contributed by atoms with Gasteiger partial charge in [-0.25, -0.2) is 0 Å². The second kappa shape index (κ2) is 3.90. The average molecular weight is 218 g/mol. The quantitative estimate of drug-likeness (QED) is 0.462. The lowest BCUT2D eigenvalue weighted by Crippen LogP contribution is -2.07. The summed E-state index contributed by atoms with van der Waals surface area (Å²) in [6.07, 6.45) is 3.40. The Morgan fingerprint density at radius 1 is 1.40 bits per heavy atom. The van der Waals surface area contributed by atoms with Crippen LogP contribution in [0.3, 0.4) is 0 Å². The second-order valence-corrected chi connectivity index (χ2v) is 3.93. The highest BCUT2D eigenvalue weighted by Crippen LogP contribution is 2.19. The molecule has 0 unspecified atom stereocenters. The van der Waals surface area contributed by atoms with Gasteiger partial charge in [-0.15, -0.1) is 11.8 Å². The molecule has 3 nitrogen and oxygen atoms in total. The molecule has 0 fully saturated rings. The van der Waals surface area contributed by atoms with Crippen LogP contribution in [-0.2, 0) is 0 Å². The molecule has 0 saturated carbocycles. The Hall–Kier alpha value is -1.55. The number of benzene rings is 1. The summed E-state index contributed by atoms with van der Waals surface area (Å²) >= 11 is 1.16. The standard InChI is InChI=1S/C11H10N2OS/c1-15-11(12)10(14)8-6-13-9-5-3-2-4-7(8)9/h2-6,12-13H,1H3. The van der Waals surface area contributed by atoms with Crippen molar-refractivity contribution in [1.82, 2.24) is 4.98 Å². The maximum Gasteiger partial charge on any atom is 0.219 e. The summed E-state index contributed by atoms with van der Waals surface area (Å²) in [6.45, 7) is 0. The van der Waals surface area contributed by atoms with Gasteiger partial charge in [-0.3, -0.25) is 10.2 Å². The molecule has 1 heterocycles. The highest BCUT2D eigenvalue weighted by Gasteiger charge is 2.15. The van der Waals surface area contributed by atoms with E-state index in [1.807, 2.05) is 24.3 Å². The van der Waals surface area contributed by atoms with E-state index in [-0.39, 0.29) is 10.8 Å². The summed E-state index contributed by atoms with van der Waals surface area (Å²) in [6, 6.07) is 7.59. The number of Topliss-reactive ketones (excluding diaryl/α,β-unsaturated/α-hetero) is 1. The molecule has 2 rings (SSSR count). The third-order valence-corrected chi connectivity index (χ3v) is 2.84. The van der Waals surface area contributed by atoms with Crippen LogP contribution in [0.25, 0.3) is 10.9 Å². The van der Waals surface area contributed by atoms with E-state index in [2.05, 4.69) is 4.98 Å². The zero-order valence-electron chi connectivity index (χ0n) is 8.20. The zero-order valence-corrected chi connectivity index (χ0v) is 9.02. The molecule has 0 saturated heterocycles. The van der Waals surface area contributed by atoms with Gasteiger partial charge < -0.3 is 4.98 Å². The number of carbonyl (C=O) groups excluding carboxylic acids is 1. The van der Waals surface area contributed by atoms with Gasteiger partial charge in [0, 0.05) is 17.1 Å². The van der Waals surface area contributed by atoms with Crippen molar-refractivity contribution in [3.63, 3.8) is 0 Å². The maximum absolute atomic E-state index is 11.8. The van der Waals surface area contributed by atoms with E-state index in [0.29, 0.717) is 5.56 Å². The van der Waals surface area contributed by atoms with Gasteiger partial charge in [-0.05, 0) is 12.3 Å². The number of ketones is 1. The average Bonchev–Trinajstić information content (AvgIpc) is 2.70. The summed E-state index contributed by atoms with van der Waals surface area (Å²) in [5.74, 6) is -0.222. The van der Waals surface area contributed by atoms with E-state index in [0.717, 1.165) is 22.7 Å². The van der Waals surface area contributed by atoms with Crippen molar-refractivity contribution in [2.45, 2.75) is 0 Å². The maximum atomic E-state index is 11.8. The minimum Gasteiger partial charge on any atom is -0.360 e. The Labute approximate surface area is 91.4 Å². The first kappa shape index (κ1) is 9.98. The number of nitrogens with one attached hydrogen (secondary N) is 2. The predicted molar refractivity (Wildman–Crippen MR) is 63.9 cm³/mol. The lowest BCUT2D eigenvalue weighted by atomic mass is 10.1. The topological polar surface area (TPSA) is 56.7 Å². The minimum atomic E-state index is -0.222. The van der Waals surface area contributed by atoms with Gasteiger partial charge in [0.15, 0.2) is 0 Å². The molecule has 0 bridgehead atoms. The molecule has 0 aliphatic rings. The van der Waals surface area contributed by atoms with Crippen LogP contribution in [-0.4, -0.2) is 22.1 Å². The fraction of sp³-hybridized carbons (Fsp3) is 0.0909. The Bertz CT molecular complexity index is 530. The second-order valence-electron chi connectivity index (χ2n) is 3.11. The van der Waals surface area contributed by atoms with Gasteiger partial charge in [-0.1, -0.05) is 18.2 Å². The van der Waals surface area contributed by atoms with Crippen molar-refractivity contribution in [1.29, 1.82) is 5.41 Å². The SMILES string of the molecule is CSC(=N)C(=O)c1c[nH]c2ccccc12. The summed E-state index contributed by atoms with van der Waals surface area (Å²) < 4.78 is 0. The number of para-hydroxylation sites is 1. The molecule has 15 heavy (non-hydrogen) atoms. The van der Waals surface area contributed by atoms with Gasteiger partial charge in [0.2, 0.25) is 5.78 Å². The summed E-state index contributed by atoms with van der Waals surface area (Å²) in [5.41, 5.74) is 1.50. The van der Waals surface area contributed by atoms with E-state index >= 15 is 0 Å². The number of H-pyrrole nitrogens is 1. The van der Waals surface area contributed by atoms with Crippen molar-refractivity contribution in [2.24, 2.45) is 0 Å². The minimum absolute atomic E-state index is 0.0692. The molecule has 2 aromatic rings.